The number of likely N-dealkylation sites (tertiary alicyclic amines) is 1. The molecule has 1 atom stereocenters. The molecule has 1 aliphatic rings. The van der Waals surface area contributed by atoms with Crippen molar-refractivity contribution in [1.82, 2.24) is 9.88 Å². The molecule has 1 aromatic carbocycles. The summed E-state index contributed by atoms with van der Waals surface area (Å²) in [5.41, 5.74) is 1.73. The number of carbonyl (C=O) groups excluding carboxylic acids is 1. The molecular weight excluding hydrogens is 299 g/mol. The highest BCUT2D eigenvalue weighted by Crippen LogP contribution is 2.31. The van der Waals surface area contributed by atoms with Gasteiger partial charge in [0.25, 0.3) is 6.47 Å². The van der Waals surface area contributed by atoms with Gasteiger partial charge in [-0.05, 0) is 36.1 Å². The number of nitrogens with zero attached hydrogens (tertiary/aromatic N) is 1. The molecule has 0 spiro atoms. The van der Waals surface area contributed by atoms with Crippen molar-refractivity contribution in [3.8, 4) is 0 Å². The Morgan fingerprint density at radius 3 is 2.74 bits per heavy atom. The highest BCUT2D eigenvalue weighted by atomic mass is 19.1. The lowest BCUT2D eigenvalue weighted by Crippen LogP contribution is -2.50. The Hall–Kier alpha value is -2.37. The Morgan fingerprint density at radius 2 is 2.17 bits per heavy atom. The molecule has 2 heterocycles. The van der Waals surface area contributed by atoms with E-state index in [0.29, 0.717) is 5.92 Å². The van der Waals surface area contributed by atoms with Gasteiger partial charge in [-0.1, -0.05) is 13.8 Å². The molecule has 0 saturated carbocycles. The number of H-pyrrole nitrogens is 1. The van der Waals surface area contributed by atoms with E-state index in [1.807, 2.05) is 18.0 Å². The molecule has 1 fully saturated rings. The number of nitrogens with one attached hydrogen (secondary N) is 1. The van der Waals surface area contributed by atoms with E-state index in [4.69, 9.17) is 9.90 Å². The molecule has 1 aliphatic heterocycles. The molecule has 2 aromatic rings. The number of carboxylic acid groups (broad SMARTS) is 1. The van der Waals surface area contributed by atoms with Crippen LogP contribution in [0.3, 0.4) is 0 Å². The monoisotopic (exact) mass is 320 g/mol. The summed E-state index contributed by atoms with van der Waals surface area (Å²) >= 11 is 0. The fraction of sp³-hybridized carbons (Fsp3) is 0.412. The van der Waals surface area contributed by atoms with Crippen molar-refractivity contribution in [2.45, 2.75) is 26.2 Å². The molecule has 3 rings (SSSR count). The molecule has 6 heteroatoms. The molecule has 124 valence electrons. The van der Waals surface area contributed by atoms with Gasteiger partial charge < -0.3 is 15.0 Å². The highest BCUT2D eigenvalue weighted by Gasteiger charge is 2.32. The number of rotatable bonds is 3. The summed E-state index contributed by atoms with van der Waals surface area (Å²) in [7, 11) is 0. The first-order chi connectivity index (χ1) is 11.0. The van der Waals surface area contributed by atoms with E-state index in [0.717, 1.165) is 36.0 Å². The first-order valence-electron chi connectivity index (χ1n) is 7.65. The van der Waals surface area contributed by atoms with E-state index in [1.54, 1.807) is 6.07 Å². The summed E-state index contributed by atoms with van der Waals surface area (Å²) in [4.78, 5) is 25.9. The maximum absolute atomic E-state index is 13.2. The molecule has 2 N–H and O–H groups in total. The van der Waals surface area contributed by atoms with Crippen molar-refractivity contribution in [1.29, 1.82) is 0 Å². The zero-order valence-electron chi connectivity index (χ0n) is 13.3. The third-order valence-electron chi connectivity index (χ3n) is 4.13. The summed E-state index contributed by atoms with van der Waals surface area (Å²) < 4.78 is 13.2. The van der Waals surface area contributed by atoms with E-state index in [-0.39, 0.29) is 24.1 Å². The number of aromatic nitrogens is 1. The highest BCUT2D eigenvalue weighted by molar-refractivity contribution is 5.92. The van der Waals surface area contributed by atoms with Crippen molar-refractivity contribution in [2.75, 3.05) is 13.1 Å². The lowest BCUT2D eigenvalue weighted by molar-refractivity contribution is -0.138. The van der Waals surface area contributed by atoms with E-state index in [9.17, 15) is 9.18 Å². The SMILES string of the molecule is CCC(C(=O)N1CC(C)C1)c1c[nH]c2cc(F)ccc12.O=CO. The number of hydrogen-bond acceptors (Lipinski definition) is 2. The fourth-order valence-electron chi connectivity index (χ4n) is 3.04. The molecule has 0 bridgehead atoms. The van der Waals surface area contributed by atoms with Crippen LogP contribution in [0.5, 0.6) is 0 Å². The lowest BCUT2D eigenvalue weighted by atomic mass is 9.91. The third kappa shape index (κ3) is 3.52. The van der Waals surface area contributed by atoms with Crippen molar-refractivity contribution < 1.29 is 19.1 Å². The van der Waals surface area contributed by atoms with Crippen LogP contribution in [0.2, 0.25) is 0 Å². The van der Waals surface area contributed by atoms with Gasteiger partial charge in [0.1, 0.15) is 5.82 Å². The van der Waals surface area contributed by atoms with E-state index < -0.39 is 0 Å². The Balaban J connectivity index is 0.000000595. The predicted molar refractivity (Wildman–Crippen MR) is 85.7 cm³/mol. The Labute approximate surface area is 134 Å². The molecule has 1 saturated heterocycles. The zero-order chi connectivity index (χ0) is 17.0. The first-order valence-corrected chi connectivity index (χ1v) is 7.65. The van der Waals surface area contributed by atoms with Crippen LogP contribution in [-0.2, 0) is 9.59 Å². The van der Waals surface area contributed by atoms with Crippen molar-refractivity contribution in [3.63, 3.8) is 0 Å². The number of amides is 1. The third-order valence-corrected chi connectivity index (χ3v) is 4.13. The van der Waals surface area contributed by atoms with Crippen molar-refractivity contribution in [3.05, 3.63) is 35.8 Å². The molecular formula is C17H21FN2O3. The fourth-order valence-corrected chi connectivity index (χ4v) is 3.04. The number of aromatic amines is 1. The van der Waals surface area contributed by atoms with Gasteiger partial charge in [-0.15, -0.1) is 0 Å². The smallest absolute Gasteiger partial charge is 0.290 e. The van der Waals surface area contributed by atoms with Gasteiger partial charge in [-0.2, -0.15) is 0 Å². The molecule has 1 unspecified atom stereocenters. The van der Waals surface area contributed by atoms with Gasteiger partial charge >= 0.3 is 0 Å². The number of carbonyl (C=O) groups is 2. The van der Waals surface area contributed by atoms with E-state index >= 15 is 0 Å². The van der Waals surface area contributed by atoms with E-state index in [2.05, 4.69) is 11.9 Å². The standard InChI is InChI=1S/C16H19FN2O.CH2O2/c1-3-12(16(20)19-8-10(2)9-19)14-7-18-15-6-11(17)4-5-13(14)15;2-1-3/h4-7,10,12,18H,3,8-9H2,1-2H3;1H,(H,2,3). The number of hydrogen-bond donors (Lipinski definition) is 2. The summed E-state index contributed by atoms with van der Waals surface area (Å²) in [6.45, 7) is 5.63. The Bertz CT molecular complexity index is 692. The van der Waals surface area contributed by atoms with Crippen molar-refractivity contribution in [2.24, 2.45) is 5.92 Å². The molecule has 0 aliphatic carbocycles. The van der Waals surface area contributed by atoms with Crippen LogP contribution >= 0.6 is 0 Å². The maximum atomic E-state index is 13.2. The van der Waals surface area contributed by atoms with Gasteiger partial charge in [0.15, 0.2) is 0 Å². The minimum atomic E-state index is -0.262. The van der Waals surface area contributed by atoms with Crippen LogP contribution in [0.15, 0.2) is 24.4 Å². The summed E-state index contributed by atoms with van der Waals surface area (Å²) in [5, 5.41) is 7.83. The normalized spacial score (nSPS) is 15.5. The number of benzene rings is 1. The van der Waals surface area contributed by atoms with Gasteiger partial charge in [0, 0.05) is 30.2 Å². The molecule has 5 nitrogen and oxygen atoms in total. The van der Waals surface area contributed by atoms with Gasteiger partial charge in [-0.25, -0.2) is 4.39 Å². The summed E-state index contributed by atoms with van der Waals surface area (Å²) in [5.74, 6) is 0.396. The Kier molecular flexibility index (Phi) is 5.36. The number of halogens is 1. The minimum Gasteiger partial charge on any atom is -0.483 e. The summed E-state index contributed by atoms with van der Waals surface area (Å²) in [6.07, 6.45) is 2.60. The van der Waals surface area contributed by atoms with Crippen LogP contribution in [0.4, 0.5) is 4.39 Å². The second-order valence-electron chi connectivity index (χ2n) is 5.85. The van der Waals surface area contributed by atoms with Gasteiger partial charge in [0.2, 0.25) is 5.91 Å². The lowest BCUT2D eigenvalue weighted by Gasteiger charge is -2.39. The van der Waals surface area contributed by atoms with Crippen LogP contribution in [0, 0.1) is 11.7 Å². The largest absolute Gasteiger partial charge is 0.483 e. The topological polar surface area (TPSA) is 73.4 Å². The maximum Gasteiger partial charge on any atom is 0.290 e. The second kappa shape index (κ2) is 7.26. The van der Waals surface area contributed by atoms with Crippen molar-refractivity contribution >= 4 is 23.3 Å². The first kappa shape index (κ1) is 17.0. The van der Waals surface area contributed by atoms with E-state index in [1.165, 1.54) is 12.1 Å². The average molecular weight is 320 g/mol. The van der Waals surface area contributed by atoms with Gasteiger partial charge in [0.05, 0.1) is 5.92 Å². The average Bonchev–Trinajstić information content (AvgIpc) is 2.88. The zero-order valence-corrected chi connectivity index (χ0v) is 13.3. The molecule has 0 radical (unpaired) electrons. The minimum absolute atomic E-state index is 0.137. The Morgan fingerprint density at radius 1 is 1.52 bits per heavy atom. The van der Waals surface area contributed by atoms with Crippen LogP contribution in [0.25, 0.3) is 10.9 Å². The molecule has 1 amide bonds. The summed E-state index contributed by atoms with van der Waals surface area (Å²) in [6, 6.07) is 4.68. The van der Waals surface area contributed by atoms with Crippen LogP contribution in [-0.4, -0.2) is 40.5 Å². The number of fused-ring (bicyclic) bond motifs is 1. The predicted octanol–water partition coefficient (Wildman–Crippen LogP) is 2.98. The van der Waals surface area contributed by atoms with Gasteiger partial charge in [-0.3, -0.25) is 9.59 Å². The second-order valence-corrected chi connectivity index (χ2v) is 5.85. The van der Waals surface area contributed by atoms with Crippen LogP contribution < -0.4 is 0 Å². The molecule has 1 aromatic heterocycles. The van der Waals surface area contributed by atoms with Crippen LogP contribution in [0.1, 0.15) is 31.7 Å². The quantitative estimate of drug-likeness (QED) is 0.854. The molecule has 23 heavy (non-hydrogen) atoms.